The Labute approximate surface area is 161 Å². The second kappa shape index (κ2) is 7.75. The number of nitrogens with zero attached hydrogens (tertiary/aromatic N) is 2. The zero-order chi connectivity index (χ0) is 19.6. The van der Waals surface area contributed by atoms with Crippen LogP contribution in [0.4, 0.5) is 10.8 Å². The molecule has 0 bridgehead atoms. The fourth-order valence-electron chi connectivity index (χ4n) is 3.10. The molecule has 1 aromatic heterocycles. The molecule has 2 amide bonds. The highest BCUT2D eigenvalue weighted by molar-refractivity contribution is 7.89. The van der Waals surface area contributed by atoms with E-state index in [2.05, 4.69) is 15.0 Å². The first kappa shape index (κ1) is 19.5. The van der Waals surface area contributed by atoms with Crippen LogP contribution < -0.4 is 14.9 Å². The SMILES string of the molecule is CC(=O)N1c2ccc(S(=O)(=O)NCCC(=O)Nc3nccs3)cc2C[C@H]1C. The fraction of sp³-hybridized carbons (Fsp3) is 0.353. The minimum atomic E-state index is -3.74. The van der Waals surface area contributed by atoms with E-state index >= 15 is 0 Å². The Kier molecular flexibility index (Phi) is 5.59. The molecule has 1 aromatic carbocycles. The lowest BCUT2D eigenvalue weighted by Gasteiger charge is -2.20. The van der Waals surface area contributed by atoms with E-state index in [1.54, 1.807) is 28.6 Å². The molecule has 8 nitrogen and oxygen atoms in total. The lowest BCUT2D eigenvalue weighted by atomic mass is 10.1. The van der Waals surface area contributed by atoms with Crippen molar-refractivity contribution in [3.05, 3.63) is 35.3 Å². The van der Waals surface area contributed by atoms with E-state index in [-0.39, 0.29) is 35.7 Å². The maximum Gasteiger partial charge on any atom is 0.240 e. The molecular weight excluding hydrogens is 388 g/mol. The van der Waals surface area contributed by atoms with Crippen molar-refractivity contribution >= 4 is 44.0 Å². The van der Waals surface area contributed by atoms with Gasteiger partial charge in [0.15, 0.2) is 5.13 Å². The number of carbonyl (C=O) groups excluding carboxylic acids is 2. The third-order valence-electron chi connectivity index (χ3n) is 4.24. The predicted octanol–water partition coefficient (Wildman–Crippen LogP) is 1.75. The first-order valence-corrected chi connectivity index (χ1v) is 10.8. The van der Waals surface area contributed by atoms with Gasteiger partial charge in [-0.1, -0.05) is 0 Å². The first-order chi connectivity index (χ1) is 12.8. The molecule has 144 valence electrons. The van der Waals surface area contributed by atoms with E-state index in [9.17, 15) is 18.0 Å². The lowest BCUT2D eigenvalue weighted by molar-refractivity contribution is -0.117. The molecule has 0 fully saturated rings. The average molecular weight is 409 g/mol. The summed E-state index contributed by atoms with van der Waals surface area (Å²) in [6.45, 7) is 3.40. The van der Waals surface area contributed by atoms with Crippen LogP contribution in [-0.4, -0.2) is 37.8 Å². The number of fused-ring (bicyclic) bond motifs is 1. The fourth-order valence-corrected chi connectivity index (χ4v) is 4.73. The van der Waals surface area contributed by atoms with Gasteiger partial charge in [-0.25, -0.2) is 18.1 Å². The summed E-state index contributed by atoms with van der Waals surface area (Å²) in [6.07, 6.45) is 2.18. The molecule has 0 saturated carbocycles. The quantitative estimate of drug-likeness (QED) is 0.757. The van der Waals surface area contributed by atoms with Crippen molar-refractivity contribution in [3.8, 4) is 0 Å². The summed E-state index contributed by atoms with van der Waals surface area (Å²) in [4.78, 5) is 29.3. The summed E-state index contributed by atoms with van der Waals surface area (Å²) in [7, 11) is -3.74. The monoisotopic (exact) mass is 408 g/mol. The van der Waals surface area contributed by atoms with E-state index in [0.29, 0.717) is 11.6 Å². The number of amides is 2. The minimum Gasteiger partial charge on any atom is -0.309 e. The second-order valence-electron chi connectivity index (χ2n) is 6.27. The van der Waals surface area contributed by atoms with Crippen molar-refractivity contribution in [3.63, 3.8) is 0 Å². The molecular formula is C17H20N4O4S2. The number of anilines is 2. The number of nitrogens with one attached hydrogen (secondary N) is 2. The topological polar surface area (TPSA) is 108 Å². The standard InChI is InChI=1S/C17H20N4O4S2/c1-11-9-13-10-14(3-4-15(13)21(11)12(2)22)27(24,25)19-6-5-16(23)20-17-18-7-8-26-17/h3-4,7-8,10-11,19H,5-6,9H2,1-2H3,(H,18,20,23)/t11-/m1/s1. The molecule has 0 spiro atoms. The zero-order valence-corrected chi connectivity index (χ0v) is 16.6. The van der Waals surface area contributed by atoms with Gasteiger partial charge < -0.3 is 10.2 Å². The van der Waals surface area contributed by atoms with Crippen molar-refractivity contribution < 1.29 is 18.0 Å². The third-order valence-corrected chi connectivity index (χ3v) is 6.39. The van der Waals surface area contributed by atoms with Crippen molar-refractivity contribution in [1.29, 1.82) is 0 Å². The van der Waals surface area contributed by atoms with Crippen LogP contribution in [0.5, 0.6) is 0 Å². The van der Waals surface area contributed by atoms with Crippen LogP contribution in [-0.2, 0) is 26.0 Å². The van der Waals surface area contributed by atoms with E-state index in [1.165, 1.54) is 24.3 Å². The van der Waals surface area contributed by atoms with Gasteiger partial charge in [-0.05, 0) is 37.1 Å². The van der Waals surface area contributed by atoms with Gasteiger partial charge in [0.25, 0.3) is 0 Å². The van der Waals surface area contributed by atoms with Crippen LogP contribution in [0, 0.1) is 0 Å². The van der Waals surface area contributed by atoms with Gasteiger partial charge >= 0.3 is 0 Å². The highest BCUT2D eigenvalue weighted by Gasteiger charge is 2.30. The van der Waals surface area contributed by atoms with Crippen LogP contribution >= 0.6 is 11.3 Å². The number of sulfonamides is 1. The number of hydrogen-bond acceptors (Lipinski definition) is 6. The normalized spacial score (nSPS) is 16.2. The van der Waals surface area contributed by atoms with Crippen molar-refractivity contribution in [2.45, 2.75) is 37.6 Å². The molecule has 2 heterocycles. The van der Waals surface area contributed by atoms with Gasteiger partial charge in [0.1, 0.15) is 0 Å². The van der Waals surface area contributed by atoms with E-state index in [0.717, 1.165) is 11.3 Å². The van der Waals surface area contributed by atoms with Crippen LogP contribution in [0.15, 0.2) is 34.7 Å². The smallest absolute Gasteiger partial charge is 0.240 e. The Morgan fingerprint density at radius 1 is 1.37 bits per heavy atom. The number of aromatic nitrogens is 1. The molecule has 27 heavy (non-hydrogen) atoms. The highest BCUT2D eigenvalue weighted by atomic mass is 32.2. The molecule has 0 radical (unpaired) electrons. The van der Waals surface area contributed by atoms with Gasteiger partial charge in [-0.15, -0.1) is 11.3 Å². The average Bonchev–Trinajstić information content (AvgIpc) is 3.20. The minimum absolute atomic E-state index is 0.00109. The highest BCUT2D eigenvalue weighted by Crippen LogP contribution is 2.33. The molecule has 1 atom stereocenters. The number of rotatable bonds is 6. The molecule has 3 rings (SSSR count). The molecule has 1 aliphatic rings. The maximum atomic E-state index is 12.5. The Balaban J connectivity index is 1.63. The summed E-state index contributed by atoms with van der Waals surface area (Å²) in [5, 5.41) is 4.81. The number of benzene rings is 1. The summed E-state index contributed by atoms with van der Waals surface area (Å²) in [5.41, 5.74) is 1.57. The molecule has 10 heteroatoms. The molecule has 0 aliphatic carbocycles. The Morgan fingerprint density at radius 2 is 2.15 bits per heavy atom. The first-order valence-electron chi connectivity index (χ1n) is 8.39. The van der Waals surface area contributed by atoms with E-state index in [4.69, 9.17) is 0 Å². The van der Waals surface area contributed by atoms with Crippen molar-refractivity contribution in [2.24, 2.45) is 0 Å². The molecule has 0 saturated heterocycles. The summed E-state index contributed by atoms with van der Waals surface area (Å²) in [6, 6.07) is 4.72. The molecule has 0 unspecified atom stereocenters. The van der Waals surface area contributed by atoms with Crippen molar-refractivity contribution in [2.75, 3.05) is 16.8 Å². The Morgan fingerprint density at radius 3 is 2.81 bits per heavy atom. The van der Waals surface area contributed by atoms with Gasteiger partial charge in [0, 0.05) is 43.2 Å². The van der Waals surface area contributed by atoms with Crippen LogP contribution in [0.1, 0.15) is 25.8 Å². The molecule has 1 aliphatic heterocycles. The van der Waals surface area contributed by atoms with Crippen LogP contribution in [0.25, 0.3) is 0 Å². The van der Waals surface area contributed by atoms with E-state index in [1.807, 2.05) is 6.92 Å². The van der Waals surface area contributed by atoms with E-state index < -0.39 is 10.0 Å². The third kappa shape index (κ3) is 4.34. The second-order valence-corrected chi connectivity index (χ2v) is 8.93. The van der Waals surface area contributed by atoms with Gasteiger partial charge in [0.05, 0.1) is 4.90 Å². The zero-order valence-electron chi connectivity index (χ0n) is 14.9. The van der Waals surface area contributed by atoms with Gasteiger partial charge in [0.2, 0.25) is 21.8 Å². The largest absolute Gasteiger partial charge is 0.309 e. The summed E-state index contributed by atoms with van der Waals surface area (Å²) in [5.74, 6) is -0.381. The van der Waals surface area contributed by atoms with Crippen LogP contribution in [0.2, 0.25) is 0 Å². The summed E-state index contributed by atoms with van der Waals surface area (Å²) >= 11 is 1.29. The van der Waals surface area contributed by atoms with Crippen LogP contribution in [0.3, 0.4) is 0 Å². The van der Waals surface area contributed by atoms with Crippen molar-refractivity contribution in [1.82, 2.24) is 9.71 Å². The predicted molar refractivity (Wildman–Crippen MR) is 103 cm³/mol. The number of hydrogen-bond donors (Lipinski definition) is 2. The molecule has 2 aromatic rings. The Hall–Kier alpha value is -2.30. The Bertz CT molecular complexity index is 957. The summed E-state index contributed by atoms with van der Waals surface area (Å²) < 4.78 is 27.4. The lowest BCUT2D eigenvalue weighted by Crippen LogP contribution is -2.33. The maximum absolute atomic E-state index is 12.5. The van der Waals surface area contributed by atoms with Gasteiger partial charge in [-0.3, -0.25) is 9.59 Å². The van der Waals surface area contributed by atoms with Gasteiger partial charge in [-0.2, -0.15) is 0 Å². The number of carbonyl (C=O) groups is 2. The molecule has 2 N–H and O–H groups in total. The number of thiazole rings is 1.